The Bertz CT molecular complexity index is 1230. The maximum atomic E-state index is 11.6. The minimum Gasteiger partial charge on any atom is -0.395 e. The van der Waals surface area contributed by atoms with Crippen molar-refractivity contribution in [1.82, 2.24) is 4.98 Å². The molecule has 0 fully saturated rings. The minimum atomic E-state index is -1.69. The molecule has 0 aliphatic rings. The Hall–Kier alpha value is -1.91. The summed E-state index contributed by atoms with van der Waals surface area (Å²) >= 11 is 0. The fourth-order valence-electron chi connectivity index (χ4n) is 4.13. The standard InChI is InChI=1S/C30H38B3NOS/c1-27(2,3)29(31,32)24-19-34-25(18-23(24)30(33,35)28(4,5)6)21-15-16-26(36(7,8)9)22(17-21)20-13-11-10-12-14-20/h10-19,35H,1-9H3. The van der Waals surface area contributed by atoms with Crippen LogP contribution in [0.4, 0.5) is 0 Å². The van der Waals surface area contributed by atoms with E-state index in [1.165, 1.54) is 10.5 Å². The molecular weight excluding hydrogens is 455 g/mol. The summed E-state index contributed by atoms with van der Waals surface area (Å²) in [6.45, 7) is 11.6. The largest absolute Gasteiger partial charge is 0.395 e. The first kappa shape index (κ1) is 28.7. The maximum absolute atomic E-state index is 11.6. The van der Waals surface area contributed by atoms with Crippen LogP contribution >= 0.6 is 10.0 Å². The minimum absolute atomic E-state index is 0.492. The Morgan fingerprint density at radius 3 is 1.81 bits per heavy atom. The van der Waals surface area contributed by atoms with Crippen LogP contribution in [0.3, 0.4) is 0 Å². The monoisotopic (exact) mass is 493 g/mol. The summed E-state index contributed by atoms with van der Waals surface area (Å²) in [4.78, 5) is 6.12. The number of rotatable bonds is 5. The van der Waals surface area contributed by atoms with Crippen molar-refractivity contribution in [1.29, 1.82) is 0 Å². The summed E-state index contributed by atoms with van der Waals surface area (Å²) in [5, 5.41) is 10.4. The number of benzene rings is 2. The third-order valence-electron chi connectivity index (χ3n) is 7.16. The Kier molecular flexibility index (Phi) is 7.52. The van der Waals surface area contributed by atoms with E-state index in [4.69, 9.17) is 28.5 Å². The molecule has 6 heteroatoms. The van der Waals surface area contributed by atoms with E-state index < -0.39 is 31.6 Å². The molecule has 0 spiro atoms. The zero-order chi connectivity index (χ0) is 27.3. The van der Waals surface area contributed by atoms with Gasteiger partial charge in [-0.3, -0.25) is 4.98 Å². The van der Waals surface area contributed by atoms with E-state index in [-0.39, 0.29) is 0 Å². The summed E-state index contributed by atoms with van der Waals surface area (Å²) in [5.41, 5.74) is 2.16. The Morgan fingerprint density at radius 2 is 1.31 bits per heavy atom. The molecule has 0 bridgehead atoms. The fraction of sp³-hybridized carbons (Fsp3) is 0.433. The number of hydrogen-bond donors (Lipinski definition) is 1. The molecule has 184 valence electrons. The summed E-state index contributed by atoms with van der Waals surface area (Å²) in [7, 11) is 19.0. The molecule has 0 aliphatic heterocycles. The first-order chi connectivity index (χ1) is 16.3. The second-order valence-corrected chi connectivity index (χ2v) is 16.8. The van der Waals surface area contributed by atoms with E-state index in [9.17, 15) is 5.11 Å². The molecule has 1 heterocycles. The van der Waals surface area contributed by atoms with Crippen LogP contribution in [0, 0.1) is 10.8 Å². The van der Waals surface area contributed by atoms with Gasteiger partial charge in [-0.1, -0.05) is 83.2 Å². The van der Waals surface area contributed by atoms with Crippen LogP contribution in [0.1, 0.15) is 52.7 Å². The normalized spacial score (nSPS) is 15.4. The van der Waals surface area contributed by atoms with Crippen molar-refractivity contribution in [2.45, 2.75) is 57.2 Å². The van der Waals surface area contributed by atoms with Crippen LogP contribution < -0.4 is 0 Å². The van der Waals surface area contributed by atoms with Crippen molar-refractivity contribution in [3.05, 3.63) is 71.9 Å². The zero-order valence-electron chi connectivity index (χ0n) is 23.3. The fourth-order valence-corrected chi connectivity index (χ4v) is 5.45. The molecule has 1 atom stereocenters. The van der Waals surface area contributed by atoms with Gasteiger partial charge in [-0.15, -0.1) is 0 Å². The van der Waals surface area contributed by atoms with Gasteiger partial charge in [-0.2, -0.15) is 0 Å². The van der Waals surface area contributed by atoms with E-state index in [0.29, 0.717) is 16.8 Å². The summed E-state index contributed by atoms with van der Waals surface area (Å²) in [5.74, 6) is 0. The smallest absolute Gasteiger partial charge is 0.120 e. The number of aliphatic hydroxyl groups is 1. The van der Waals surface area contributed by atoms with Crippen molar-refractivity contribution in [2.24, 2.45) is 10.8 Å². The summed E-state index contributed by atoms with van der Waals surface area (Å²) in [6.07, 6.45) is 8.58. The zero-order valence-corrected chi connectivity index (χ0v) is 24.1. The molecule has 0 amide bonds. The third-order valence-corrected chi connectivity index (χ3v) is 8.84. The lowest BCUT2D eigenvalue weighted by Crippen LogP contribution is -2.47. The van der Waals surface area contributed by atoms with Gasteiger partial charge in [-0.25, -0.2) is 10.0 Å². The van der Waals surface area contributed by atoms with Crippen LogP contribution in [-0.2, 0) is 10.7 Å². The van der Waals surface area contributed by atoms with Gasteiger partial charge in [0, 0.05) is 11.8 Å². The molecule has 0 aliphatic carbocycles. The molecule has 6 radical (unpaired) electrons. The average Bonchev–Trinajstić information content (AvgIpc) is 2.76. The first-order valence-corrected chi connectivity index (χ1v) is 15.1. The van der Waals surface area contributed by atoms with Gasteiger partial charge in [0.2, 0.25) is 0 Å². The van der Waals surface area contributed by atoms with Crippen molar-refractivity contribution in [3.8, 4) is 22.4 Å². The Balaban J connectivity index is 2.31. The number of pyridine rings is 1. The highest BCUT2D eigenvalue weighted by Crippen LogP contribution is 2.51. The predicted molar refractivity (Wildman–Crippen MR) is 160 cm³/mol. The molecule has 0 saturated heterocycles. The average molecular weight is 493 g/mol. The first-order valence-electron chi connectivity index (χ1n) is 12.3. The predicted octanol–water partition coefficient (Wildman–Crippen LogP) is 6.36. The topological polar surface area (TPSA) is 33.1 Å². The van der Waals surface area contributed by atoms with Gasteiger partial charge in [0.25, 0.3) is 0 Å². The maximum Gasteiger partial charge on any atom is 0.120 e. The van der Waals surface area contributed by atoms with E-state index in [2.05, 4.69) is 61.2 Å². The van der Waals surface area contributed by atoms with E-state index in [1.54, 1.807) is 6.20 Å². The summed E-state index contributed by atoms with van der Waals surface area (Å²) in [6, 6.07) is 18.7. The lowest BCUT2D eigenvalue weighted by atomic mass is 9.39. The van der Waals surface area contributed by atoms with Crippen molar-refractivity contribution >= 4 is 33.6 Å². The van der Waals surface area contributed by atoms with E-state index in [1.807, 2.05) is 53.7 Å². The van der Waals surface area contributed by atoms with E-state index >= 15 is 0 Å². The molecule has 0 saturated carbocycles. The molecule has 2 nitrogen and oxygen atoms in total. The highest BCUT2D eigenvalue weighted by molar-refractivity contribution is 8.32. The second kappa shape index (κ2) is 9.44. The second-order valence-electron chi connectivity index (χ2n) is 12.7. The van der Waals surface area contributed by atoms with Crippen LogP contribution in [0.25, 0.3) is 22.4 Å². The van der Waals surface area contributed by atoms with Gasteiger partial charge >= 0.3 is 0 Å². The molecule has 3 aromatic rings. The lowest BCUT2D eigenvalue weighted by Gasteiger charge is -2.46. The number of aromatic nitrogens is 1. The number of nitrogens with zero attached hydrogens (tertiary/aromatic N) is 1. The molecule has 3 rings (SSSR count). The van der Waals surface area contributed by atoms with Gasteiger partial charge in [0.15, 0.2) is 0 Å². The van der Waals surface area contributed by atoms with Crippen LogP contribution in [0.15, 0.2) is 65.7 Å². The van der Waals surface area contributed by atoms with Crippen LogP contribution in [-0.4, -0.2) is 52.4 Å². The molecule has 2 aromatic carbocycles. The van der Waals surface area contributed by atoms with Gasteiger partial charge in [0.05, 0.1) is 26.9 Å². The van der Waals surface area contributed by atoms with Crippen LogP contribution in [0.2, 0.25) is 0 Å². The van der Waals surface area contributed by atoms with Crippen molar-refractivity contribution in [2.75, 3.05) is 18.8 Å². The molecule has 36 heavy (non-hydrogen) atoms. The SMILES string of the molecule is [B]C([B])(c1cnc(-c2ccc(S(C)(C)C)c(-c3ccccc3)c2)cc1C([B])(O)C(C)(C)C)C(C)(C)C. The molecule has 1 unspecified atom stereocenters. The lowest BCUT2D eigenvalue weighted by molar-refractivity contribution is 0.0143. The van der Waals surface area contributed by atoms with Crippen molar-refractivity contribution in [3.63, 3.8) is 0 Å². The van der Waals surface area contributed by atoms with Gasteiger partial charge in [0.1, 0.15) is 7.85 Å². The van der Waals surface area contributed by atoms with Crippen LogP contribution in [0.5, 0.6) is 0 Å². The van der Waals surface area contributed by atoms with E-state index in [0.717, 1.165) is 11.1 Å². The Labute approximate surface area is 224 Å². The quantitative estimate of drug-likeness (QED) is 0.420. The van der Waals surface area contributed by atoms with Gasteiger partial charge < -0.3 is 5.11 Å². The third kappa shape index (κ3) is 5.36. The molecular formula is C30H38B3NOS. The highest BCUT2D eigenvalue weighted by atomic mass is 32.3. The van der Waals surface area contributed by atoms with Gasteiger partial charge in [-0.05, 0) is 74.9 Å². The highest BCUT2D eigenvalue weighted by Gasteiger charge is 2.43. The number of hydrogen-bond acceptors (Lipinski definition) is 2. The Morgan fingerprint density at radius 1 is 0.722 bits per heavy atom. The molecule has 1 aromatic heterocycles. The summed E-state index contributed by atoms with van der Waals surface area (Å²) < 4.78 is 0. The molecule has 1 N–H and O–H groups in total. The van der Waals surface area contributed by atoms with Crippen molar-refractivity contribution < 1.29 is 5.11 Å².